The van der Waals surface area contributed by atoms with Gasteiger partial charge in [-0.05, 0) is 0 Å². The van der Waals surface area contributed by atoms with Crippen LogP contribution in [0.25, 0.3) is 0 Å². The largest absolute Gasteiger partial charge is 0.409 e. The molecule has 1 aliphatic heterocycles. The topological polar surface area (TPSA) is 52.6 Å². The number of carbonyl (C=O) groups excluding carboxylic acids is 1. The third-order valence-electron chi connectivity index (χ3n) is 2.90. The highest BCUT2D eigenvalue weighted by Crippen LogP contribution is 2.40. The normalized spacial score (nSPS) is 24.9. The molecule has 2 N–H and O–H groups in total. The molecule has 1 fully saturated rings. The molecule has 0 saturated carbocycles. The summed E-state index contributed by atoms with van der Waals surface area (Å²) in [6.45, 7) is -0.0587. The molecule has 1 saturated heterocycles. The number of alkyl halides is 6. The number of hydrogen-bond acceptors (Lipinski definition) is 3. The quantitative estimate of drug-likeness (QED) is 0.730. The Morgan fingerprint density at radius 2 is 1.68 bits per heavy atom. The minimum atomic E-state index is -5.72. The minimum Gasteiger partial charge on any atom is -0.390 e. The number of aliphatic hydroxyl groups is 1. The SMILES string of the molecule is CN(C(=O)C(C(F)(F)F)C(F)(F)F)[C@H]1CNC[C@@H]1O. The van der Waals surface area contributed by atoms with Crippen LogP contribution in [0, 0.1) is 5.92 Å². The number of rotatable bonds is 2. The van der Waals surface area contributed by atoms with Crippen LogP contribution in [0.5, 0.6) is 0 Å². The summed E-state index contributed by atoms with van der Waals surface area (Å²) in [7, 11) is 0.813. The van der Waals surface area contributed by atoms with Crippen LogP contribution in [0.15, 0.2) is 0 Å². The molecular weight excluding hydrogens is 282 g/mol. The van der Waals surface area contributed by atoms with Crippen LogP contribution < -0.4 is 5.32 Å². The Balaban J connectivity index is 2.94. The van der Waals surface area contributed by atoms with Gasteiger partial charge in [-0.2, -0.15) is 26.3 Å². The fraction of sp³-hybridized carbons (Fsp3) is 0.889. The summed E-state index contributed by atoms with van der Waals surface area (Å²) in [4.78, 5) is 11.7. The van der Waals surface area contributed by atoms with Gasteiger partial charge in [0.05, 0.1) is 12.1 Å². The average molecular weight is 294 g/mol. The number of nitrogens with zero attached hydrogens (tertiary/aromatic N) is 1. The molecule has 112 valence electrons. The summed E-state index contributed by atoms with van der Waals surface area (Å²) in [5, 5.41) is 11.9. The van der Waals surface area contributed by atoms with E-state index in [9.17, 15) is 36.2 Å². The standard InChI is InChI=1S/C9H12F6N2O2/c1-17(4-2-16-3-5(4)18)7(19)6(8(10,11)12)9(13,14)15/h4-6,16,18H,2-3H2,1H3/t4-,5-/m0/s1. The number of carbonyl (C=O) groups is 1. The van der Waals surface area contributed by atoms with E-state index < -0.39 is 36.3 Å². The molecule has 4 nitrogen and oxygen atoms in total. The van der Waals surface area contributed by atoms with Crippen molar-refractivity contribution < 1.29 is 36.2 Å². The van der Waals surface area contributed by atoms with Crippen LogP contribution in [-0.2, 0) is 4.79 Å². The molecule has 1 aliphatic rings. The van der Waals surface area contributed by atoms with Crippen molar-refractivity contribution in [2.75, 3.05) is 20.1 Å². The molecule has 2 atom stereocenters. The molecule has 0 spiro atoms. The van der Waals surface area contributed by atoms with Gasteiger partial charge in [0, 0.05) is 20.1 Å². The lowest BCUT2D eigenvalue weighted by Crippen LogP contribution is -2.53. The monoisotopic (exact) mass is 294 g/mol. The predicted octanol–water partition coefficient (Wildman–Crippen LogP) is 0.518. The second kappa shape index (κ2) is 5.16. The zero-order chi connectivity index (χ0) is 15.0. The smallest absolute Gasteiger partial charge is 0.390 e. The lowest BCUT2D eigenvalue weighted by atomic mass is 10.1. The van der Waals surface area contributed by atoms with Crippen molar-refractivity contribution in [1.29, 1.82) is 0 Å². The zero-order valence-corrected chi connectivity index (χ0v) is 9.72. The molecule has 19 heavy (non-hydrogen) atoms. The molecule has 1 heterocycles. The van der Waals surface area contributed by atoms with Gasteiger partial charge in [-0.15, -0.1) is 0 Å². The molecule has 0 aromatic carbocycles. The summed E-state index contributed by atoms with van der Waals surface area (Å²) in [5.41, 5.74) is 0. The van der Waals surface area contributed by atoms with E-state index in [1.807, 2.05) is 0 Å². The molecule has 10 heteroatoms. The van der Waals surface area contributed by atoms with Crippen molar-refractivity contribution in [3.8, 4) is 0 Å². The van der Waals surface area contributed by atoms with E-state index in [-0.39, 0.29) is 13.1 Å². The molecule has 0 bridgehead atoms. The van der Waals surface area contributed by atoms with Crippen molar-refractivity contribution in [2.24, 2.45) is 5.92 Å². The van der Waals surface area contributed by atoms with Gasteiger partial charge < -0.3 is 15.3 Å². The van der Waals surface area contributed by atoms with E-state index in [1.165, 1.54) is 0 Å². The van der Waals surface area contributed by atoms with E-state index in [4.69, 9.17) is 0 Å². The first-order valence-corrected chi connectivity index (χ1v) is 5.25. The average Bonchev–Trinajstić information content (AvgIpc) is 2.58. The molecule has 0 unspecified atom stereocenters. The van der Waals surface area contributed by atoms with Crippen molar-refractivity contribution in [3.63, 3.8) is 0 Å². The highest BCUT2D eigenvalue weighted by atomic mass is 19.4. The van der Waals surface area contributed by atoms with Crippen LogP contribution in [0.4, 0.5) is 26.3 Å². The van der Waals surface area contributed by atoms with Crippen LogP contribution >= 0.6 is 0 Å². The van der Waals surface area contributed by atoms with Gasteiger partial charge in [0.15, 0.2) is 0 Å². The van der Waals surface area contributed by atoms with Crippen molar-refractivity contribution in [1.82, 2.24) is 10.2 Å². The van der Waals surface area contributed by atoms with Gasteiger partial charge in [-0.1, -0.05) is 0 Å². The van der Waals surface area contributed by atoms with Crippen LogP contribution in [0.3, 0.4) is 0 Å². The lowest BCUT2D eigenvalue weighted by molar-refractivity contribution is -0.278. The van der Waals surface area contributed by atoms with E-state index >= 15 is 0 Å². The van der Waals surface area contributed by atoms with Gasteiger partial charge >= 0.3 is 12.4 Å². The lowest BCUT2D eigenvalue weighted by Gasteiger charge is -2.31. The molecule has 0 aromatic heterocycles. The maximum absolute atomic E-state index is 12.4. The Morgan fingerprint density at radius 1 is 1.21 bits per heavy atom. The third kappa shape index (κ3) is 3.50. The van der Waals surface area contributed by atoms with E-state index in [1.54, 1.807) is 0 Å². The number of halogens is 6. The molecule has 0 aromatic rings. The Labute approximate surface area is 104 Å². The number of β-amino-alcohol motifs (C(OH)–C–C–N with tert-alkyl or cyclic N) is 1. The summed E-state index contributed by atoms with van der Waals surface area (Å²) in [6.07, 6.45) is -12.6. The molecule has 0 radical (unpaired) electrons. The minimum absolute atomic E-state index is 0.00495. The molecule has 1 rings (SSSR count). The van der Waals surface area contributed by atoms with Gasteiger partial charge in [0.2, 0.25) is 11.8 Å². The van der Waals surface area contributed by atoms with Crippen molar-refractivity contribution in [3.05, 3.63) is 0 Å². The molecular formula is C9H12F6N2O2. The first-order valence-electron chi connectivity index (χ1n) is 5.25. The Bertz CT molecular complexity index is 329. The predicted molar refractivity (Wildman–Crippen MR) is 51.0 cm³/mol. The number of hydrogen-bond donors (Lipinski definition) is 2. The summed E-state index contributed by atoms with van der Waals surface area (Å²) >= 11 is 0. The highest BCUT2D eigenvalue weighted by molar-refractivity contribution is 5.80. The first-order chi connectivity index (χ1) is 8.46. The van der Waals surface area contributed by atoms with Crippen LogP contribution in [0.2, 0.25) is 0 Å². The van der Waals surface area contributed by atoms with Gasteiger partial charge in [-0.25, -0.2) is 0 Å². The maximum atomic E-state index is 12.4. The Kier molecular flexibility index (Phi) is 4.35. The van der Waals surface area contributed by atoms with E-state index in [2.05, 4.69) is 5.32 Å². The van der Waals surface area contributed by atoms with Gasteiger partial charge in [0.25, 0.3) is 0 Å². The van der Waals surface area contributed by atoms with Crippen molar-refractivity contribution in [2.45, 2.75) is 24.5 Å². The Morgan fingerprint density at radius 3 is 2.00 bits per heavy atom. The molecule has 0 aliphatic carbocycles. The fourth-order valence-corrected chi connectivity index (χ4v) is 1.88. The number of likely N-dealkylation sites (N-methyl/N-ethyl adjacent to an activating group) is 1. The van der Waals surface area contributed by atoms with Crippen LogP contribution in [-0.4, -0.2) is 60.5 Å². The van der Waals surface area contributed by atoms with E-state index in [0.717, 1.165) is 7.05 Å². The number of amides is 1. The van der Waals surface area contributed by atoms with Crippen molar-refractivity contribution >= 4 is 5.91 Å². The summed E-state index contributed by atoms with van der Waals surface area (Å²) < 4.78 is 74.2. The highest BCUT2D eigenvalue weighted by Gasteiger charge is 2.62. The fourth-order valence-electron chi connectivity index (χ4n) is 1.88. The zero-order valence-electron chi connectivity index (χ0n) is 9.72. The summed E-state index contributed by atoms with van der Waals surface area (Å²) in [6, 6.07) is -1.11. The second-order valence-electron chi connectivity index (χ2n) is 4.26. The van der Waals surface area contributed by atoms with E-state index in [0.29, 0.717) is 4.90 Å². The first kappa shape index (κ1) is 16.0. The third-order valence-corrected chi connectivity index (χ3v) is 2.90. The summed E-state index contributed by atoms with van der Waals surface area (Å²) in [5.74, 6) is -6.19. The maximum Gasteiger partial charge on any atom is 0.409 e. The Hall–Kier alpha value is -1.03. The van der Waals surface area contributed by atoms with Gasteiger partial charge in [-0.3, -0.25) is 4.79 Å². The van der Waals surface area contributed by atoms with Crippen LogP contribution in [0.1, 0.15) is 0 Å². The number of aliphatic hydroxyl groups excluding tert-OH is 1. The molecule has 1 amide bonds. The number of nitrogens with one attached hydrogen (secondary N) is 1. The second-order valence-corrected chi connectivity index (χ2v) is 4.26. The van der Waals surface area contributed by atoms with Gasteiger partial charge in [0.1, 0.15) is 0 Å².